The summed E-state index contributed by atoms with van der Waals surface area (Å²) < 4.78 is 0. The van der Waals surface area contributed by atoms with Gasteiger partial charge in [0.1, 0.15) is 6.04 Å². The highest BCUT2D eigenvalue weighted by Crippen LogP contribution is 2.14. The molecule has 1 atom stereocenters. The van der Waals surface area contributed by atoms with E-state index in [2.05, 4.69) is 20.8 Å². The number of amides is 2. The van der Waals surface area contributed by atoms with Crippen molar-refractivity contribution in [2.45, 2.75) is 19.4 Å². The molecule has 6 nitrogen and oxygen atoms in total. The van der Waals surface area contributed by atoms with Crippen LogP contribution >= 0.6 is 11.3 Å². The molecule has 24 heavy (non-hydrogen) atoms. The Hall–Kier alpha value is -2.67. The molecule has 3 aromatic rings. The molecule has 0 radical (unpaired) electrons. The summed E-state index contributed by atoms with van der Waals surface area (Å²) in [5.41, 5.74) is 1.08. The maximum Gasteiger partial charge on any atom is 0.273 e. The van der Waals surface area contributed by atoms with E-state index >= 15 is 0 Å². The first-order chi connectivity index (χ1) is 11.6. The van der Waals surface area contributed by atoms with Gasteiger partial charge in [-0.1, -0.05) is 24.3 Å². The number of carbonyl (C=O) groups is 2. The van der Waals surface area contributed by atoms with E-state index in [-0.39, 0.29) is 11.8 Å². The highest BCUT2D eigenvalue weighted by atomic mass is 32.1. The number of rotatable bonds is 6. The van der Waals surface area contributed by atoms with Crippen LogP contribution in [0.25, 0.3) is 10.9 Å². The smallest absolute Gasteiger partial charge is 0.273 e. The van der Waals surface area contributed by atoms with E-state index in [9.17, 15) is 9.59 Å². The maximum absolute atomic E-state index is 12.3. The predicted octanol–water partition coefficient (Wildman–Crippen LogP) is 2.10. The predicted molar refractivity (Wildman–Crippen MR) is 94.1 cm³/mol. The number of para-hydroxylation sites is 1. The Kier molecular flexibility index (Phi) is 4.90. The molecule has 3 N–H and O–H groups in total. The molecule has 0 bridgehead atoms. The number of H-pyrrole nitrogens is 1. The molecule has 3 rings (SSSR count). The van der Waals surface area contributed by atoms with Crippen molar-refractivity contribution in [1.29, 1.82) is 0 Å². The molecule has 2 heterocycles. The topological polar surface area (TPSA) is 86.9 Å². The second-order valence-electron chi connectivity index (χ2n) is 5.43. The van der Waals surface area contributed by atoms with Crippen molar-refractivity contribution in [3.8, 4) is 0 Å². The Bertz CT molecular complexity index is 841. The van der Waals surface area contributed by atoms with Gasteiger partial charge in [-0.05, 0) is 30.9 Å². The fraction of sp³-hybridized carbons (Fsp3) is 0.235. The third kappa shape index (κ3) is 3.62. The molecule has 124 valence electrons. The van der Waals surface area contributed by atoms with E-state index in [0.717, 1.165) is 17.3 Å². The second-order valence-corrected chi connectivity index (χ2v) is 6.47. The Morgan fingerprint density at radius 2 is 2.08 bits per heavy atom. The van der Waals surface area contributed by atoms with Crippen molar-refractivity contribution in [3.05, 3.63) is 52.3 Å². The molecular weight excluding hydrogens is 324 g/mol. The van der Waals surface area contributed by atoms with Gasteiger partial charge < -0.3 is 10.6 Å². The Labute approximate surface area is 143 Å². The number of hydrogen-bond acceptors (Lipinski definition) is 4. The van der Waals surface area contributed by atoms with Gasteiger partial charge in [0, 0.05) is 16.8 Å². The number of carbonyl (C=O) groups excluding carboxylic acids is 2. The molecule has 2 amide bonds. The summed E-state index contributed by atoms with van der Waals surface area (Å²) in [6, 6.07) is 10.8. The first-order valence-electron chi connectivity index (χ1n) is 7.69. The van der Waals surface area contributed by atoms with Gasteiger partial charge in [0.15, 0.2) is 5.69 Å². The molecule has 2 aromatic heterocycles. The highest BCUT2D eigenvalue weighted by Gasteiger charge is 2.19. The molecule has 1 aromatic carbocycles. The monoisotopic (exact) mass is 342 g/mol. The fourth-order valence-corrected chi connectivity index (χ4v) is 3.09. The van der Waals surface area contributed by atoms with Crippen LogP contribution in [0.5, 0.6) is 0 Å². The summed E-state index contributed by atoms with van der Waals surface area (Å²) in [6.07, 6.45) is 0.786. The minimum absolute atomic E-state index is 0.209. The lowest BCUT2D eigenvalue weighted by atomic mass is 10.2. The molecule has 0 saturated heterocycles. The quantitative estimate of drug-likeness (QED) is 0.641. The number of hydrogen-bond donors (Lipinski definition) is 3. The number of fused-ring (bicyclic) bond motifs is 1. The van der Waals surface area contributed by atoms with Crippen LogP contribution in [-0.4, -0.2) is 34.6 Å². The van der Waals surface area contributed by atoms with Crippen LogP contribution in [0.2, 0.25) is 0 Å². The zero-order valence-electron chi connectivity index (χ0n) is 13.2. The first-order valence-corrected chi connectivity index (χ1v) is 8.57. The second kappa shape index (κ2) is 7.27. The lowest BCUT2D eigenvalue weighted by molar-refractivity contribution is -0.122. The summed E-state index contributed by atoms with van der Waals surface area (Å²) in [7, 11) is 0. The van der Waals surface area contributed by atoms with E-state index in [1.54, 1.807) is 18.3 Å². The van der Waals surface area contributed by atoms with E-state index in [0.29, 0.717) is 12.2 Å². The van der Waals surface area contributed by atoms with Crippen molar-refractivity contribution in [2.75, 3.05) is 6.54 Å². The van der Waals surface area contributed by atoms with Crippen LogP contribution in [0.3, 0.4) is 0 Å². The van der Waals surface area contributed by atoms with Gasteiger partial charge in [-0.3, -0.25) is 14.7 Å². The van der Waals surface area contributed by atoms with Gasteiger partial charge in [-0.25, -0.2) is 0 Å². The summed E-state index contributed by atoms with van der Waals surface area (Å²) >= 11 is 1.66. The summed E-state index contributed by atoms with van der Waals surface area (Å²) in [6.45, 7) is 2.21. The molecule has 0 aliphatic heterocycles. The largest absolute Gasteiger partial charge is 0.354 e. The molecule has 0 saturated carbocycles. The average Bonchev–Trinajstić information content (AvgIpc) is 3.24. The Morgan fingerprint density at radius 1 is 1.25 bits per heavy atom. The average molecular weight is 342 g/mol. The molecule has 1 unspecified atom stereocenters. The normalized spacial score (nSPS) is 12.0. The van der Waals surface area contributed by atoms with E-state index in [1.807, 2.05) is 41.8 Å². The highest BCUT2D eigenvalue weighted by molar-refractivity contribution is 7.09. The van der Waals surface area contributed by atoms with E-state index < -0.39 is 6.04 Å². The van der Waals surface area contributed by atoms with Crippen LogP contribution < -0.4 is 10.6 Å². The number of nitrogens with zero attached hydrogens (tertiary/aromatic N) is 1. The minimum Gasteiger partial charge on any atom is -0.354 e. The van der Waals surface area contributed by atoms with Crippen molar-refractivity contribution in [3.63, 3.8) is 0 Å². The van der Waals surface area contributed by atoms with Crippen LogP contribution in [0, 0.1) is 0 Å². The number of benzene rings is 1. The van der Waals surface area contributed by atoms with Crippen LogP contribution in [0.15, 0.2) is 41.8 Å². The van der Waals surface area contributed by atoms with Gasteiger partial charge in [0.25, 0.3) is 5.91 Å². The summed E-state index contributed by atoms with van der Waals surface area (Å²) in [5, 5.41) is 15.1. The number of aromatic nitrogens is 2. The summed E-state index contributed by atoms with van der Waals surface area (Å²) in [4.78, 5) is 25.6. The van der Waals surface area contributed by atoms with Gasteiger partial charge in [0.2, 0.25) is 5.91 Å². The Balaban J connectivity index is 1.54. The van der Waals surface area contributed by atoms with Crippen molar-refractivity contribution in [2.24, 2.45) is 0 Å². The lowest BCUT2D eigenvalue weighted by Gasteiger charge is -2.13. The third-order valence-corrected chi connectivity index (χ3v) is 4.61. The van der Waals surface area contributed by atoms with E-state index in [4.69, 9.17) is 0 Å². The van der Waals surface area contributed by atoms with Crippen molar-refractivity contribution >= 4 is 34.1 Å². The molecule has 0 fully saturated rings. The van der Waals surface area contributed by atoms with E-state index in [1.165, 1.54) is 4.88 Å². The lowest BCUT2D eigenvalue weighted by Crippen LogP contribution is -2.45. The van der Waals surface area contributed by atoms with Gasteiger partial charge in [-0.2, -0.15) is 5.10 Å². The van der Waals surface area contributed by atoms with Gasteiger partial charge in [-0.15, -0.1) is 11.3 Å². The van der Waals surface area contributed by atoms with Gasteiger partial charge in [0.05, 0.1) is 5.52 Å². The number of nitrogens with one attached hydrogen (secondary N) is 3. The molecular formula is C17H18N4O2S. The third-order valence-electron chi connectivity index (χ3n) is 3.68. The fourth-order valence-electron chi connectivity index (χ4n) is 2.38. The molecule has 0 aliphatic carbocycles. The Morgan fingerprint density at radius 3 is 2.88 bits per heavy atom. The molecule has 7 heteroatoms. The number of aromatic amines is 1. The first kappa shape index (κ1) is 16.2. The maximum atomic E-state index is 12.3. The minimum atomic E-state index is -0.628. The van der Waals surface area contributed by atoms with Crippen LogP contribution in [-0.2, 0) is 11.2 Å². The van der Waals surface area contributed by atoms with Crippen molar-refractivity contribution in [1.82, 2.24) is 20.8 Å². The zero-order chi connectivity index (χ0) is 16.9. The zero-order valence-corrected chi connectivity index (χ0v) is 14.0. The summed E-state index contributed by atoms with van der Waals surface area (Å²) in [5.74, 6) is -0.576. The van der Waals surface area contributed by atoms with Crippen LogP contribution in [0.4, 0.5) is 0 Å². The molecule has 0 aliphatic rings. The standard InChI is InChI=1S/C17H18N4O2S/c1-11(16(22)18-9-8-12-5-4-10-24-12)19-17(23)15-13-6-2-3-7-14(13)20-21-15/h2-7,10-11H,8-9H2,1H3,(H,18,22)(H,19,23)(H,20,21). The van der Waals surface area contributed by atoms with Crippen molar-refractivity contribution < 1.29 is 9.59 Å². The number of thiophene rings is 1. The SMILES string of the molecule is CC(NC(=O)c1n[nH]c2ccccc12)C(=O)NCCc1cccs1. The van der Waals surface area contributed by atoms with Crippen LogP contribution in [0.1, 0.15) is 22.3 Å². The van der Waals surface area contributed by atoms with Gasteiger partial charge >= 0.3 is 0 Å². The molecule has 0 spiro atoms.